The lowest BCUT2D eigenvalue weighted by atomic mass is 10.1. The van der Waals surface area contributed by atoms with E-state index >= 15 is 0 Å². The molecule has 0 radical (unpaired) electrons. The summed E-state index contributed by atoms with van der Waals surface area (Å²) in [5.74, 6) is -0.360. The first-order valence-electron chi connectivity index (χ1n) is 2.71. The van der Waals surface area contributed by atoms with Gasteiger partial charge < -0.3 is 0 Å². The van der Waals surface area contributed by atoms with Crippen LogP contribution in [-0.4, -0.2) is 22.4 Å². The third kappa shape index (κ3) is 1.25. The standard InChI is InChI=1S/C5H6Cl2N2O/c1-5(7)2-8-9-4(10)3(5)6/h2-3H,1H3,(H,9,10). The Morgan fingerprint density at radius 3 is 2.90 bits per heavy atom. The zero-order chi connectivity index (χ0) is 7.78. The molecule has 1 aliphatic heterocycles. The predicted molar refractivity (Wildman–Crippen MR) is 40.5 cm³/mol. The molecule has 0 spiro atoms. The maximum atomic E-state index is 10.8. The van der Waals surface area contributed by atoms with Gasteiger partial charge in [-0.1, -0.05) is 0 Å². The topological polar surface area (TPSA) is 41.5 Å². The number of amides is 1. The smallest absolute Gasteiger partial charge is 0.260 e. The van der Waals surface area contributed by atoms with Crippen molar-refractivity contribution >= 4 is 35.3 Å². The van der Waals surface area contributed by atoms with Crippen molar-refractivity contribution in [2.24, 2.45) is 5.10 Å². The molecule has 5 heteroatoms. The zero-order valence-electron chi connectivity index (χ0n) is 5.27. The van der Waals surface area contributed by atoms with Crippen LogP contribution in [0.25, 0.3) is 0 Å². The second-order valence-electron chi connectivity index (χ2n) is 2.25. The maximum absolute atomic E-state index is 10.8. The van der Waals surface area contributed by atoms with Gasteiger partial charge in [-0.2, -0.15) is 5.10 Å². The van der Waals surface area contributed by atoms with E-state index in [-0.39, 0.29) is 5.91 Å². The van der Waals surface area contributed by atoms with Crippen LogP contribution < -0.4 is 5.43 Å². The first kappa shape index (κ1) is 7.82. The average Bonchev–Trinajstić information content (AvgIpc) is 1.83. The van der Waals surface area contributed by atoms with Crippen LogP contribution in [0.15, 0.2) is 5.10 Å². The van der Waals surface area contributed by atoms with Crippen molar-refractivity contribution in [3.05, 3.63) is 0 Å². The van der Waals surface area contributed by atoms with Crippen molar-refractivity contribution in [3.8, 4) is 0 Å². The van der Waals surface area contributed by atoms with Gasteiger partial charge in [-0.05, 0) is 6.92 Å². The molecular formula is C5H6Cl2N2O. The number of carbonyl (C=O) groups excluding carboxylic acids is 1. The van der Waals surface area contributed by atoms with Gasteiger partial charge in [-0.25, -0.2) is 5.43 Å². The van der Waals surface area contributed by atoms with E-state index in [4.69, 9.17) is 23.2 Å². The van der Waals surface area contributed by atoms with Crippen molar-refractivity contribution in [1.82, 2.24) is 5.43 Å². The van der Waals surface area contributed by atoms with Crippen LogP contribution in [0.4, 0.5) is 0 Å². The summed E-state index contributed by atoms with van der Waals surface area (Å²) in [7, 11) is 0. The van der Waals surface area contributed by atoms with Gasteiger partial charge in [0.05, 0.1) is 0 Å². The molecule has 0 bridgehead atoms. The van der Waals surface area contributed by atoms with Gasteiger partial charge in [0.2, 0.25) is 0 Å². The highest BCUT2D eigenvalue weighted by Gasteiger charge is 2.37. The maximum Gasteiger partial charge on any atom is 0.260 e. The molecule has 0 aliphatic carbocycles. The minimum Gasteiger partial charge on any atom is -0.271 e. The van der Waals surface area contributed by atoms with Gasteiger partial charge in [0.1, 0.15) is 10.3 Å². The van der Waals surface area contributed by atoms with E-state index in [0.29, 0.717) is 0 Å². The van der Waals surface area contributed by atoms with Crippen LogP contribution in [0.5, 0.6) is 0 Å². The van der Waals surface area contributed by atoms with Crippen LogP contribution >= 0.6 is 23.2 Å². The third-order valence-corrected chi connectivity index (χ3v) is 2.30. The molecule has 2 atom stereocenters. The van der Waals surface area contributed by atoms with Crippen LogP contribution in [0.2, 0.25) is 0 Å². The molecule has 2 unspecified atom stereocenters. The molecule has 0 saturated carbocycles. The zero-order valence-corrected chi connectivity index (χ0v) is 6.78. The Kier molecular flexibility index (Phi) is 1.88. The Morgan fingerprint density at radius 2 is 2.50 bits per heavy atom. The Labute approximate surface area is 68.4 Å². The number of hydrogen-bond acceptors (Lipinski definition) is 2. The normalized spacial score (nSPS) is 39.5. The molecule has 3 nitrogen and oxygen atoms in total. The number of nitrogens with one attached hydrogen (secondary N) is 1. The van der Waals surface area contributed by atoms with Gasteiger partial charge in [-0.15, -0.1) is 23.2 Å². The molecule has 0 aromatic carbocycles. The molecule has 0 aromatic rings. The molecule has 10 heavy (non-hydrogen) atoms. The molecule has 0 fully saturated rings. The molecular weight excluding hydrogens is 175 g/mol. The first-order valence-corrected chi connectivity index (χ1v) is 3.52. The Hall–Kier alpha value is -0.280. The number of hydrazone groups is 1. The summed E-state index contributed by atoms with van der Waals surface area (Å²) in [6.45, 7) is 1.63. The van der Waals surface area contributed by atoms with Gasteiger partial charge in [0.25, 0.3) is 5.91 Å². The van der Waals surface area contributed by atoms with Crippen molar-refractivity contribution < 1.29 is 4.79 Å². The first-order chi connectivity index (χ1) is 4.54. The minimum absolute atomic E-state index is 0.360. The van der Waals surface area contributed by atoms with Crippen LogP contribution in [-0.2, 0) is 4.79 Å². The third-order valence-electron chi connectivity index (χ3n) is 1.22. The fourth-order valence-corrected chi connectivity index (χ4v) is 0.854. The number of alkyl halides is 2. The summed E-state index contributed by atoms with van der Waals surface area (Å²) in [6.07, 6.45) is 1.41. The fraction of sp³-hybridized carbons (Fsp3) is 0.600. The van der Waals surface area contributed by atoms with Gasteiger partial charge in [0.15, 0.2) is 0 Å². The largest absolute Gasteiger partial charge is 0.271 e. The van der Waals surface area contributed by atoms with E-state index in [2.05, 4.69) is 10.5 Å². The van der Waals surface area contributed by atoms with Crippen molar-refractivity contribution in [2.45, 2.75) is 17.2 Å². The van der Waals surface area contributed by atoms with E-state index in [1.54, 1.807) is 6.92 Å². The Bertz CT molecular complexity index is 190. The number of carbonyl (C=O) groups is 1. The van der Waals surface area contributed by atoms with Crippen LogP contribution in [0.3, 0.4) is 0 Å². The van der Waals surface area contributed by atoms with Crippen LogP contribution in [0, 0.1) is 0 Å². The Morgan fingerprint density at radius 1 is 1.90 bits per heavy atom. The SMILES string of the molecule is CC1(Cl)C=NNC(=O)C1Cl. The summed E-state index contributed by atoms with van der Waals surface area (Å²) in [4.78, 5) is 9.91. The molecule has 0 saturated heterocycles. The number of halogens is 2. The van der Waals surface area contributed by atoms with E-state index in [1.807, 2.05) is 0 Å². The fourth-order valence-electron chi connectivity index (χ4n) is 0.601. The lowest BCUT2D eigenvalue weighted by Crippen LogP contribution is -2.46. The molecule has 1 rings (SSSR count). The van der Waals surface area contributed by atoms with Gasteiger partial charge >= 0.3 is 0 Å². The highest BCUT2D eigenvalue weighted by molar-refractivity contribution is 6.44. The molecule has 1 N–H and O–H groups in total. The lowest BCUT2D eigenvalue weighted by Gasteiger charge is -2.24. The second kappa shape index (κ2) is 2.40. The monoisotopic (exact) mass is 180 g/mol. The summed E-state index contributed by atoms with van der Waals surface area (Å²) < 4.78 is 0. The highest BCUT2D eigenvalue weighted by Crippen LogP contribution is 2.23. The lowest BCUT2D eigenvalue weighted by molar-refractivity contribution is -0.121. The van der Waals surface area contributed by atoms with Crippen molar-refractivity contribution in [3.63, 3.8) is 0 Å². The molecule has 1 amide bonds. The van der Waals surface area contributed by atoms with Crippen molar-refractivity contribution in [2.75, 3.05) is 0 Å². The molecule has 56 valence electrons. The molecule has 1 aliphatic rings. The quantitative estimate of drug-likeness (QED) is 0.549. The highest BCUT2D eigenvalue weighted by atomic mass is 35.5. The second-order valence-corrected chi connectivity index (χ2v) is 3.50. The minimum atomic E-state index is -0.857. The van der Waals surface area contributed by atoms with E-state index in [0.717, 1.165) is 0 Å². The Balaban J connectivity index is 2.87. The number of hydrogen-bond donors (Lipinski definition) is 1. The van der Waals surface area contributed by atoms with E-state index in [9.17, 15) is 4.79 Å². The van der Waals surface area contributed by atoms with Gasteiger partial charge in [-0.3, -0.25) is 4.79 Å². The molecule has 1 heterocycles. The van der Waals surface area contributed by atoms with E-state index in [1.165, 1.54) is 6.21 Å². The summed E-state index contributed by atoms with van der Waals surface area (Å²) in [5.41, 5.74) is 2.20. The average molecular weight is 181 g/mol. The van der Waals surface area contributed by atoms with Crippen molar-refractivity contribution in [1.29, 1.82) is 0 Å². The predicted octanol–water partition coefficient (Wildman–Crippen LogP) is 0.707. The van der Waals surface area contributed by atoms with Crippen LogP contribution in [0.1, 0.15) is 6.92 Å². The number of nitrogens with zero attached hydrogens (tertiary/aromatic N) is 1. The van der Waals surface area contributed by atoms with Gasteiger partial charge in [0, 0.05) is 6.21 Å². The summed E-state index contributed by atoms with van der Waals surface area (Å²) in [6, 6.07) is 0. The summed E-state index contributed by atoms with van der Waals surface area (Å²) in [5, 5.41) is 2.78. The van der Waals surface area contributed by atoms with E-state index < -0.39 is 10.3 Å². The number of rotatable bonds is 0. The summed E-state index contributed by atoms with van der Waals surface area (Å²) >= 11 is 11.4. The molecule has 0 aromatic heterocycles.